The molecule has 1 heterocycles. The summed E-state index contributed by atoms with van der Waals surface area (Å²) >= 11 is 6.07. The summed E-state index contributed by atoms with van der Waals surface area (Å²) in [6.45, 7) is 4.02. The van der Waals surface area contributed by atoms with Crippen molar-refractivity contribution in [2.75, 3.05) is 13.3 Å². The maximum atomic E-state index is 6.07. The van der Waals surface area contributed by atoms with Crippen LogP contribution in [0.5, 0.6) is 11.5 Å². The van der Waals surface area contributed by atoms with Gasteiger partial charge in [-0.2, -0.15) is 0 Å². The van der Waals surface area contributed by atoms with Gasteiger partial charge >= 0.3 is 0 Å². The molecule has 0 atom stereocenters. The fourth-order valence-electron chi connectivity index (χ4n) is 1.35. The number of rotatable bonds is 3. The third-order valence-electron chi connectivity index (χ3n) is 2.11. The van der Waals surface area contributed by atoms with Crippen molar-refractivity contribution in [1.29, 1.82) is 0 Å². The van der Waals surface area contributed by atoms with Crippen LogP contribution in [0.1, 0.15) is 12.5 Å². The van der Waals surface area contributed by atoms with Crippen molar-refractivity contribution in [3.8, 4) is 11.5 Å². The zero-order valence-corrected chi connectivity index (χ0v) is 8.73. The maximum absolute atomic E-state index is 6.07. The van der Waals surface area contributed by atoms with Crippen LogP contribution in [0.25, 0.3) is 0 Å². The van der Waals surface area contributed by atoms with Crippen LogP contribution in [-0.2, 0) is 6.54 Å². The monoisotopic (exact) mass is 213 g/mol. The van der Waals surface area contributed by atoms with Crippen molar-refractivity contribution >= 4 is 11.6 Å². The van der Waals surface area contributed by atoms with Gasteiger partial charge in [0.05, 0.1) is 0 Å². The molecule has 1 aromatic rings. The number of benzene rings is 1. The van der Waals surface area contributed by atoms with Crippen molar-refractivity contribution in [1.82, 2.24) is 5.32 Å². The Labute approximate surface area is 88.0 Å². The Hall–Kier alpha value is -0.930. The third-order valence-corrected chi connectivity index (χ3v) is 2.46. The number of hydrogen-bond acceptors (Lipinski definition) is 3. The summed E-state index contributed by atoms with van der Waals surface area (Å²) in [4.78, 5) is 0. The molecule has 1 aliphatic heterocycles. The number of fused-ring (bicyclic) bond motifs is 1. The average molecular weight is 214 g/mol. The van der Waals surface area contributed by atoms with E-state index in [1.54, 1.807) is 6.07 Å². The molecule has 0 radical (unpaired) electrons. The van der Waals surface area contributed by atoms with Crippen LogP contribution in [0.15, 0.2) is 12.1 Å². The first kappa shape index (κ1) is 9.62. The standard InChI is InChI=1S/C10H12ClNO2/c1-2-12-5-7-3-9-10(4-8(7)11)14-6-13-9/h3-4,12H,2,5-6H2,1H3. The van der Waals surface area contributed by atoms with Crippen LogP contribution in [-0.4, -0.2) is 13.3 Å². The van der Waals surface area contributed by atoms with Gasteiger partial charge in [-0.1, -0.05) is 18.5 Å². The smallest absolute Gasteiger partial charge is 0.231 e. The molecule has 0 aliphatic carbocycles. The molecule has 4 heteroatoms. The lowest BCUT2D eigenvalue weighted by Crippen LogP contribution is -2.11. The van der Waals surface area contributed by atoms with Gasteiger partial charge < -0.3 is 14.8 Å². The Morgan fingerprint density at radius 1 is 1.36 bits per heavy atom. The Morgan fingerprint density at radius 2 is 2.07 bits per heavy atom. The molecule has 0 aromatic heterocycles. The van der Waals surface area contributed by atoms with Crippen LogP contribution in [0, 0.1) is 0 Å². The third kappa shape index (κ3) is 1.79. The van der Waals surface area contributed by atoms with E-state index in [2.05, 4.69) is 12.2 Å². The molecule has 76 valence electrons. The Kier molecular flexibility index (Phi) is 2.79. The first-order chi connectivity index (χ1) is 6.81. The van der Waals surface area contributed by atoms with Crippen LogP contribution in [0.3, 0.4) is 0 Å². The fourth-order valence-corrected chi connectivity index (χ4v) is 1.57. The van der Waals surface area contributed by atoms with Crippen molar-refractivity contribution in [2.24, 2.45) is 0 Å². The SMILES string of the molecule is CCNCc1cc2c(cc1Cl)OCO2. The molecule has 0 unspecified atom stereocenters. The minimum Gasteiger partial charge on any atom is -0.454 e. The Morgan fingerprint density at radius 3 is 2.79 bits per heavy atom. The molecule has 1 aliphatic rings. The summed E-state index contributed by atoms with van der Waals surface area (Å²) in [7, 11) is 0. The fraction of sp³-hybridized carbons (Fsp3) is 0.400. The summed E-state index contributed by atoms with van der Waals surface area (Å²) in [5.74, 6) is 1.51. The molecular weight excluding hydrogens is 202 g/mol. The van der Waals surface area contributed by atoms with Crippen LogP contribution in [0.4, 0.5) is 0 Å². The highest BCUT2D eigenvalue weighted by Gasteiger charge is 2.15. The molecule has 1 aromatic carbocycles. The molecular formula is C10H12ClNO2. The van der Waals surface area contributed by atoms with E-state index >= 15 is 0 Å². The van der Waals surface area contributed by atoms with E-state index in [0.717, 1.165) is 35.2 Å². The zero-order valence-electron chi connectivity index (χ0n) is 7.97. The molecule has 0 saturated carbocycles. The molecule has 14 heavy (non-hydrogen) atoms. The maximum Gasteiger partial charge on any atom is 0.231 e. The van der Waals surface area contributed by atoms with E-state index in [0.29, 0.717) is 0 Å². The molecule has 0 spiro atoms. The van der Waals surface area contributed by atoms with Crippen molar-refractivity contribution in [3.05, 3.63) is 22.7 Å². The largest absolute Gasteiger partial charge is 0.454 e. The van der Waals surface area contributed by atoms with Gasteiger partial charge in [0.1, 0.15) is 0 Å². The van der Waals surface area contributed by atoms with Crippen LogP contribution < -0.4 is 14.8 Å². The van der Waals surface area contributed by atoms with Crippen molar-refractivity contribution in [3.63, 3.8) is 0 Å². The molecule has 2 rings (SSSR count). The lowest BCUT2D eigenvalue weighted by Gasteiger charge is -2.06. The van der Waals surface area contributed by atoms with Gasteiger partial charge in [0.2, 0.25) is 6.79 Å². The van der Waals surface area contributed by atoms with Crippen LogP contribution >= 0.6 is 11.6 Å². The van der Waals surface area contributed by atoms with E-state index in [9.17, 15) is 0 Å². The number of nitrogens with one attached hydrogen (secondary N) is 1. The summed E-state index contributed by atoms with van der Waals surface area (Å²) in [6.07, 6.45) is 0. The van der Waals surface area contributed by atoms with E-state index in [1.807, 2.05) is 6.07 Å². The topological polar surface area (TPSA) is 30.5 Å². The number of ether oxygens (including phenoxy) is 2. The summed E-state index contributed by atoms with van der Waals surface area (Å²) in [5, 5.41) is 3.93. The number of hydrogen-bond donors (Lipinski definition) is 1. The Balaban J connectivity index is 2.23. The van der Waals surface area contributed by atoms with Gasteiger partial charge in [-0.3, -0.25) is 0 Å². The molecule has 0 bridgehead atoms. The Bertz CT molecular complexity index is 341. The van der Waals surface area contributed by atoms with E-state index in [-0.39, 0.29) is 6.79 Å². The van der Waals surface area contributed by atoms with Gasteiger partial charge in [-0.25, -0.2) is 0 Å². The minimum absolute atomic E-state index is 0.288. The quantitative estimate of drug-likeness (QED) is 0.835. The molecule has 0 fully saturated rings. The summed E-state index contributed by atoms with van der Waals surface area (Å²) < 4.78 is 10.5. The van der Waals surface area contributed by atoms with E-state index in [1.165, 1.54) is 0 Å². The van der Waals surface area contributed by atoms with E-state index in [4.69, 9.17) is 21.1 Å². The lowest BCUT2D eigenvalue weighted by atomic mass is 10.2. The molecule has 0 amide bonds. The summed E-state index contributed by atoms with van der Waals surface area (Å²) in [6, 6.07) is 3.73. The minimum atomic E-state index is 0.288. The van der Waals surface area contributed by atoms with Gasteiger partial charge in [0.25, 0.3) is 0 Å². The van der Waals surface area contributed by atoms with E-state index < -0.39 is 0 Å². The van der Waals surface area contributed by atoms with Gasteiger partial charge in [-0.15, -0.1) is 0 Å². The predicted molar refractivity (Wildman–Crippen MR) is 55.0 cm³/mol. The highest BCUT2D eigenvalue weighted by molar-refractivity contribution is 6.31. The molecule has 0 saturated heterocycles. The predicted octanol–water partition coefficient (Wildman–Crippen LogP) is 2.18. The average Bonchev–Trinajstić information content (AvgIpc) is 2.61. The highest BCUT2D eigenvalue weighted by atomic mass is 35.5. The second kappa shape index (κ2) is 4.07. The first-order valence-corrected chi connectivity index (χ1v) is 4.98. The second-order valence-electron chi connectivity index (χ2n) is 3.08. The second-order valence-corrected chi connectivity index (χ2v) is 3.48. The van der Waals surface area contributed by atoms with Gasteiger partial charge in [-0.05, 0) is 18.2 Å². The zero-order chi connectivity index (χ0) is 9.97. The summed E-state index contributed by atoms with van der Waals surface area (Å²) in [5.41, 5.74) is 1.04. The number of halogens is 1. The van der Waals surface area contributed by atoms with Gasteiger partial charge in [0, 0.05) is 17.6 Å². The van der Waals surface area contributed by atoms with Crippen LogP contribution in [0.2, 0.25) is 5.02 Å². The molecule has 1 N–H and O–H groups in total. The highest BCUT2D eigenvalue weighted by Crippen LogP contribution is 2.36. The first-order valence-electron chi connectivity index (χ1n) is 4.60. The normalized spacial score (nSPS) is 13.3. The van der Waals surface area contributed by atoms with Crippen molar-refractivity contribution in [2.45, 2.75) is 13.5 Å². The van der Waals surface area contributed by atoms with Gasteiger partial charge in [0.15, 0.2) is 11.5 Å². The molecule has 3 nitrogen and oxygen atoms in total. The lowest BCUT2D eigenvalue weighted by molar-refractivity contribution is 0.174. The van der Waals surface area contributed by atoms with Crippen molar-refractivity contribution < 1.29 is 9.47 Å².